The van der Waals surface area contributed by atoms with Gasteiger partial charge in [0.2, 0.25) is 5.91 Å². The zero-order valence-electron chi connectivity index (χ0n) is 22.1. The summed E-state index contributed by atoms with van der Waals surface area (Å²) in [6.07, 6.45) is 7.22. The van der Waals surface area contributed by atoms with Gasteiger partial charge in [0.15, 0.2) is 5.82 Å². The number of hydrogen-bond acceptors (Lipinski definition) is 5. The first-order valence-electron chi connectivity index (χ1n) is 13.3. The molecule has 0 bridgehead atoms. The number of aryl methyl sites for hydroxylation is 3. The molecule has 2 aromatic heterocycles. The lowest BCUT2D eigenvalue weighted by Crippen LogP contribution is -2.64. The number of aromatic nitrogens is 3. The molecule has 3 aromatic rings. The summed E-state index contributed by atoms with van der Waals surface area (Å²) in [7, 11) is 1.91. The van der Waals surface area contributed by atoms with E-state index in [1.165, 1.54) is 0 Å². The number of benzene rings is 1. The zero-order valence-corrected chi connectivity index (χ0v) is 22.8. The largest absolute Gasteiger partial charge is 0.352 e. The van der Waals surface area contributed by atoms with Crippen LogP contribution in [0.3, 0.4) is 0 Å². The van der Waals surface area contributed by atoms with Gasteiger partial charge in [0.1, 0.15) is 5.41 Å². The molecule has 0 unspecified atom stereocenters. The Morgan fingerprint density at radius 1 is 1.13 bits per heavy atom. The van der Waals surface area contributed by atoms with Crippen molar-refractivity contribution in [3.05, 3.63) is 70.1 Å². The fourth-order valence-electron chi connectivity index (χ4n) is 6.33. The van der Waals surface area contributed by atoms with Crippen LogP contribution in [0, 0.1) is 19.8 Å². The lowest BCUT2D eigenvalue weighted by molar-refractivity contribution is -0.124. The molecular weight excluding hydrogens is 500 g/mol. The number of halogens is 1. The molecule has 38 heavy (non-hydrogen) atoms. The highest BCUT2D eigenvalue weighted by Crippen LogP contribution is 2.49. The number of fused-ring (bicyclic) bond motifs is 2. The number of nitrogens with one attached hydrogen (secondary N) is 1. The Kier molecular flexibility index (Phi) is 6.17. The molecule has 1 saturated carbocycles. The van der Waals surface area contributed by atoms with Gasteiger partial charge in [0.25, 0.3) is 5.91 Å². The maximum Gasteiger partial charge on any atom is 0.253 e. The maximum atomic E-state index is 14.0. The summed E-state index contributed by atoms with van der Waals surface area (Å²) < 4.78 is 1.80. The standard InChI is InChI=1S/C29H33ClN6O2/c1-18-4-9-24-25(12-18)36(28(38)29(24)16-35(17-29)26-10-11-34(3)33-26)15-20-5-7-22(8-6-20)32-27(37)23-13-21(30)14-31-19(23)2/h4,9-14,20,22H,5-8,15-17H2,1-3H3,(H,32,37). The SMILES string of the molecule is Cc1ccc2c(c1)N(CC1CCC(NC(=O)c3cc(Cl)cnc3C)CC1)C(=O)C21CN(c2ccn(C)n2)C1. The average Bonchev–Trinajstić information content (AvgIpc) is 3.39. The molecule has 198 valence electrons. The Balaban J connectivity index is 1.12. The first kappa shape index (κ1) is 24.9. The van der Waals surface area contributed by atoms with Crippen LogP contribution in [0.15, 0.2) is 42.7 Å². The third-order valence-corrected chi connectivity index (χ3v) is 8.69. The Labute approximate surface area is 228 Å². The zero-order chi connectivity index (χ0) is 26.6. The summed E-state index contributed by atoms with van der Waals surface area (Å²) in [6.45, 7) is 5.94. The maximum absolute atomic E-state index is 14.0. The van der Waals surface area contributed by atoms with Crippen LogP contribution in [0.4, 0.5) is 11.5 Å². The Bertz CT molecular complexity index is 1400. The van der Waals surface area contributed by atoms with Crippen LogP contribution < -0.4 is 15.1 Å². The van der Waals surface area contributed by atoms with Crippen LogP contribution in [-0.2, 0) is 17.3 Å². The van der Waals surface area contributed by atoms with Gasteiger partial charge in [-0.3, -0.25) is 19.3 Å². The van der Waals surface area contributed by atoms with Crippen LogP contribution in [0.25, 0.3) is 0 Å². The Morgan fingerprint density at radius 3 is 2.61 bits per heavy atom. The summed E-state index contributed by atoms with van der Waals surface area (Å²) in [6, 6.07) is 10.2. The van der Waals surface area contributed by atoms with E-state index in [-0.39, 0.29) is 17.9 Å². The van der Waals surface area contributed by atoms with E-state index in [4.69, 9.17) is 11.6 Å². The molecule has 2 amide bonds. The second kappa shape index (κ2) is 9.42. The normalized spacial score (nSPS) is 21.9. The van der Waals surface area contributed by atoms with Gasteiger partial charge in [0.05, 0.1) is 16.3 Å². The minimum absolute atomic E-state index is 0.117. The van der Waals surface area contributed by atoms with Gasteiger partial charge >= 0.3 is 0 Å². The minimum atomic E-state index is -0.491. The molecule has 4 heterocycles. The van der Waals surface area contributed by atoms with Crippen molar-refractivity contribution < 1.29 is 9.59 Å². The number of hydrogen-bond donors (Lipinski definition) is 1. The van der Waals surface area contributed by atoms with E-state index in [1.54, 1.807) is 16.9 Å². The minimum Gasteiger partial charge on any atom is -0.352 e. The van der Waals surface area contributed by atoms with E-state index >= 15 is 0 Å². The second-order valence-electron chi connectivity index (χ2n) is 11.2. The van der Waals surface area contributed by atoms with E-state index in [1.807, 2.05) is 31.1 Å². The predicted molar refractivity (Wildman–Crippen MR) is 148 cm³/mol. The molecule has 1 aromatic carbocycles. The lowest BCUT2D eigenvalue weighted by atomic mass is 9.74. The van der Waals surface area contributed by atoms with Gasteiger partial charge < -0.3 is 15.1 Å². The van der Waals surface area contributed by atoms with Crippen molar-refractivity contribution >= 4 is 34.9 Å². The molecule has 8 nitrogen and oxygen atoms in total. The molecule has 3 aliphatic rings. The summed E-state index contributed by atoms with van der Waals surface area (Å²) in [5.74, 6) is 1.41. The van der Waals surface area contributed by atoms with Crippen LogP contribution in [0.2, 0.25) is 5.02 Å². The topological polar surface area (TPSA) is 83.4 Å². The summed E-state index contributed by atoms with van der Waals surface area (Å²) >= 11 is 6.05. The number of pyridine rings is 1. The average molecular weight is 533 g/mol. The van der Waals surface area contributed by atoms with Crippen LogP contribution in [0.1, 0.15) is 52.9 Å². The van der Waals surface area contributed by atoms with E-state index in [9.17, 15) is 9.59 Å². The molecule has 1 aliphatic carbocycles. The van der Waals surface area contributed by atoms with Crippen LogP contribution in [-0.4, -0.2) is 52.3 Å². The number of carbonyl (C=O) groups is 2. The number of rotatable bonds is 5. The van der Waals surface area contributed by atoms with Gasteiger partial charge in [-0.25, -0.2) is 0 Å². The first-order valence-corrected chi connectivity index (χ1v) is 13.7. The number of nitrogens with zero attached hydrogens (tertiary/aromatic N) is 5. The van der Waals surface area contributed by atoms with Crippen LogP contribution in [0.5, 0.6) is 0 Å². The molecule has 2 aliphatic heterocycles. The Morgan fingerprint density at radius 2 is 1.89 bits per heavy atom. The molecule has 1 saturated heterocycles. The molecule has 0 radical (unpaired) electrons. The molecule has 6 rings (SSSR count). The van der Waals surface area contributed by atoms with Gasteiger partial charge in [-0.1, -0.05) is 23.7 Å². The number of amides is 2. The highest BCUT2D eigenvalue weighted by molar-refractivity contribution is 6.30. The molecule has 2 fully saturated rings. The fraction of sp³-hybridized carbons (Fsp3) is 0.448. The van der Waals surface area contributed by atoms with Crippen molar-refractivity contribution in [2.45, 2.75) is 51.0 Å². The highest BCUT2D eigenvalue weighted by Gasteiger charge is 2.58. The van der Waals surface area contributed by atoms with Crippen molar-refractivity contribution in [1.29, 1.82) is 0 Å². The van der Waals surface area contributed by atoms with Gasteiger partial charge in [-0.05, 0) is 68.7 Å². The van der Waals surface area contributed by atoms with Crippen molar-refractivity contribution in [1.82, 2.24) is 20.1 Å². The molecular formula is C29H33ClN6O2. The number of carbonyl (C=O) groups excluding carboxylic acids is 2. The van der Waals surface area contributed by atoms with Gasteiger partial charge in [-0.15, -0.1) is 0 Å². The van der Waals surface area contributed by atoms with Gasteiger partial charge in [0, 0.05) is 56.9 Å². The summed E-state index contributed by atoms with van der Waals surface area (Å²) in [4.78, 5) is 35.2. The predicted octanol–water partition coefficient (Wildman–Crippen LogP) is 4.18. The molecule has 1 spiro atoms. The van der Waals surface area contributed by atoms with Crippen molar-refractivity contribution in [3.8, 4) is 0 Å². The third-order valence-electron chi connectivity index (χ3n) is 8.48. The highest BCUT2D eigenvalue weighted by atomic mass is 35.5. The molecule has 0 atom stereocenters. The number of anilines is 2. The van der Waals surface area contributed by atoms with Crippen molar-refractivity contribution in [2.75, 3.05) is 29.4 Å². The van der Waals surface area contributed by atoms with E-state index in [0.29, 0.717) is 35.3 Å². The van der Waals surface area contributed by atoms with Crippen molar-refractivity contribution in [2.24, 2.45) is 13.0 Å². The van der Waals surface area contributed by atoms with Gasteiger partial charge in [-0.2, -0.15) is 5.10 Å². The third kappa shape index (κ3) is 4.25. The van der Waals surface area contributed by atoms with E-state index in [0.717, 1.165) is 54.9 Å². The monoisotopic (exact) mass is 532 g/mol. The smallest absolute Gasteiger partial charge is 0.253 e. The molecule has 1 N–H and O–H groups in total. The Hall–Kier alpha value is -3.39. The molecule has 9 heteroatoms. The van der Waals surface area contributed by atoms with E-state index in [2.05, 4.69) is 45.4 Å². The lowest BCUT2D eigenvalue weighted by Gasteiger charge is -2.47. The second-order valence-corrected chi connectivity index (χ2v) is 11.6. The van der Waals surface area contributed by atoms with E-state index < -0.39 is 5.41 Å². The summed E-state index contributed by atoms with van der Waals surface area (Å²) in [5.41, 5.74) is 4.08. The summed E-state index contributed by atoms with van der Waals surface area (Å²) in [5, 5.41) is 8.16. The quantitative estimate of drug-likeness (QED) is 0.533. The fourth-order valence-corrected chi connectivity index (χ4v) is 6.48. The first-order chi connectivity index (χ1) is 18.2. The van der Waals surface area contributed by atoms with Crippen LogP contribution >= 0.6 is 11.6 Å². The van der Waals surface area contributed by atoms with Crippen molar-refractivity contribution in [3.63, 3.8) is 0 Å².